The van der Waals surface area contributed by atoms with Crippen LogP contribution in [0.2, 0.25) is 0 Å². The van der Waals surface area contributed by atoms with Gasteiger partial charge in [-0.25, -0.2) is 0 Å². The van der Waals surface area contributed by atoms with Crippen molar-refractivity contribution in [3.63, 3.8) is 0 Å². The molecule has 0 heterocycles. The van der Waals surface area contributed by atoms with Crippen molar-refractivity contribution in [2.45, 2.75) is 39.0 Å². The van der Waals surface area contributed by atoms with Crippen molar-refractivity contribution in [1.29, 1.82) is 0 Å². The van der Waals surface area contributed by atoms with E-state index in [1.54, 1.807) is 6.92 Å². The van der Waals surface area contributed by atoms with Crippen LogP contribution in [0.4, 0.5) is 0 Å². The lowest BCUT2D eigenvalue weighted by molar-refractivity contribution is -0.143. The average Bonchev–Trinajstić information content (AvgIpc) is 2.30. The first-order chi connectivity index (χ1) is 6.25. The van der Waals surface area contributed by atoms with E-state index in [4.69, 9.17) is 5.11 Å². The molecule has 2 nitrogen and oxygen atoms in total. The third kappa shape index (κ3) is 2.77. The zero-order valence-electron chi connectivity index (χ0n) is 8.05. The van der Waals surface area contributed by atoms with Crippen LogP contribution in [0.5, 0.6) is 0 Å². The van der Waals surface area contributed by atoms with Gasteiger partial charge < -0.3 is 5.11 Å². The molecule has 1 N–H and O–H groups in total. The summed E-state index contributed by atoms with van der Waals surface area (Å²) < 4.78 is 0. The molecule has 2 heteroatoms. The molecule has 0 spiro atoms. The van der Waals surface area contributed by atoms with Crippen LogP contribution in [-0.2, 0) is 4.79 Å². The molecular formula is C11H16O2. The minimum Gasteiger partial charge on any atom is -0.481 e. The zero-order chi connectivity index (χ0) is 9.68. The van der Waals surface area contributed by atoms with Gasteiger partial charge in [0.25, 0.3) is 0 Å². The number of hydrogen-bond acceptors (Lipinski definition) is 1. The summed E-state index contributed by atoms with van der Waals surface area (Å²) in [7, 11) is 0. The van der Waals surface area contributed by atoms with Gasteiger partial charge in [0.1, 0.15) is 0 Å². The van der Waals surface area contributed by atoms with Crippen molar-refractivity contribution in [3.8, 4) is 11.8 Å². The topological polar surface area (TPSA) is 37.3 Å². The largest absolute Gasteiger partial charge is 0.481 e. The molecule has 0 aromatic heterocycles. The Morgan fingerprint density at radius 2 is 2.00 bits per heavy atom. The van der Waals surface area contributed by atoms with E-state index in [2.05, 4.69) is 11.8 Å². The number of carboxylic acids is 1. The minimum atomic E-state index is -0.672. The molecule has 1 rings (SSSR count). The quantitative estimate of drug-likeness (QED) is 0.496. The van der Waals surface area contributed by atoms with Gasteiger partial charge in [-0.05, 0) is 19.8 Å². The summed E-state index contributed by atoms with van der Waals surface area (Å²) >= 11 is 0. The molecule has 0 amide bonds. The molecule has 0 bridgehead atoms. The molecular weight excluding hydrogens is 164 g/mol. The molecule has 1 aliphatic rings. The first-order valence-electron chi connectivity index (χ1n) is 4.90. The third-order valence-electron chi connectivity index (χ3n) is 2.66. The summed E-state index contributed by atoms with van der Waals surface area (Å²) in [6.45, 7) is 1.78. The molecule has 0 aromatic carbocycles. The fourth-order valence-electron chi connectivity index (χ4n) is 1.96. The predicted molar refractivity (Wildman–Crippen MR) is 51.2 cm³/mol. The van der Waals surface area contributed by atoms with Gasteiger partial charge in [-0.15, -0.1) is 5.92 Å². The van der Waals surface area contributed by atoms with Crippen LogP contribution in [0, 0.1) is 23.7 Å². The van der Waals surface area contributed by atoms with Crippen LogP contribution in [0.1, 0.15) is 39.0 Å². The lowest BCUT2D eigenvalue weighted by Gasteiger charge is -2.15. The predicted octanol–water partition coefficient (Wildman–Crippen LogP) is 2.29. The highest BCUT2D eigenvalue weighted by Gasteiger charge is 2.27. The van der Waals surface area contributed by atoms with Crippen LogP contribution < -0.4 is 0 Å². The van der Waals surface area contributed by atoms with Crippen molar-refractivity contribution < 1.29 is 9.90 Å². The molecule has 1 saturated carbocycles. The lowest BCUT2D eigenvalue weighted by Crippen LogP contribution is -2.21. The standard InChI is InChI=1S/C11H16O2/c1-2-6-9-7-4-3-5-8-10(9)11(12)13/h9-10H,3-5,7-8H2,1H3,(H,12,13). The van der Waals surface area contributed by atoms with Crippen molar-refractivity contribution in [2.24, 2.45) is 11.8 Å². The summed E-state index contributed by atoms with van der Waals surface area (Å²) in [6, 6.07) is 0. The number of carbonyl (C=O) groups is 1. The first kappa shape index (κ1) is 10.1. The van der Waals surface area contributed by atoms with Crippen molar-refractivity contribution in [1.82, 2.24) is 0 Å². The van der Waals surface area contributed by atoms with E-state index >= 15 is 0 Å². The summed E-state index contributed by atoms with van der Waals surface area (Å²) in [5.74, 6) is 5.05. The third-order valence-corrected chi connectivity index (χ3v) is 2.66. The molecule has 0 aromatic rings. The normalized spacial score (nSPS) is 28.4. The molecule has 0 radical (unpaired) electrons. The maximum atomic E-state index is 10.9. The molecule has 2 unspecified atom stereocenters. The maximum absolute atomic E-state index is 10.9. The zero-order valence-corrected chi connectivity index (χ0v) is 8.05. The Bertz CT molecular complexity index is 234. The molecule has 0 aliphatic heterocycles. The Morgan fingerprint density at radius 1 is 1.31 bits per heavy atom. The highest BCUT2D eigenvalue weighted by atomic mass is 16.4. The minimum absolute atomic E-state index is 0.0880. The number of carboxylic acid groups (broad SMARTS) is 1. The Labute approximate surface area is 79.3 Å². The van der Waals surface area contributed by atoms with E-state index in [0.29, 0.717) is 0 Å². The fourth-order valence-corrected chi connectivity index (χ4v) is 1.96. The highest BCUT2D eigenvalue weighted by Crippen LogP contribution is 2.28. The fraction of sp³-hybridized carbons (Fsp3) is 0.727. The average molecular weight is 180 g/mol. The van der Waals surface area contributed by atoms with Crippen molar-refractivity contribution in [2.75, 3.05) is 0 Å². The number of hydrogen-bond donors (Lipinski definition) is 1. The SMILES string of the molecule is CC#CC1CCCCCC1C(=O)O. The summed E-state index contributed by atoms with van der Waals surface area (Å²) in [5, 5.41) is 8.99. The molecule has 1 aliphatic carbocycles. The number of rotatable bonds is 1. The molecule has 1 fully saturated rings. The van der Waals surface area contributed by atoms with E-state index in [1.807, 2.05) is 0 Å². The van der Waals surface area contributed by atoms with Crippen LogP contribution in [-0.4, -0.2) is 11.1 Å². The first-order valence-corrected chi connectivity index (χ1v) is 4.90. The monoisotopic (exact) mass is 180 g/mol. The summed E-state index contributed by atoms with van der Waals surface area (Å²) in [5.41, 5.74) is 0. The molecule has 13 heavy (non-hydrogen) atoms. The lowest BCUT2D eigenvalue weighted by atomic mass is 9.88. The molecule has 72 valence electrons. The van der Waals surface area contributed by atoms with E-state index in [-0.39, 0.29) is 11.8 Å². The van der Waals surface area contributed by atoms with Gasteiger partial charge in [0.15, 0.2) is 0 Å². The van der Waals surface area contributed by atoms with Crippen LogP contribution in [0.3, 0.4) is 0 Å². The maximum Gasteiger partial charge on any atom is 0.307 e. The van der Waals surface area contributed by atoms with Gasteiger partial charge in [0, 0.05) is 5.92 Å². The van der Waals surface area contributed by atoms with Gasteiger partial charge in [0.05, 0.1) is 5.92 Å². The van der Waals surface area contributed by atoms with Gasteiger partial charge in [-0.1, -0.05) is 25.2 Å². The van der Waals surface area contributed by atoms with Gasteiger partial charge >= 0.3 is 5.97 Å². The van der Waals surface area contributed by atoms with Gasteiger partial charge in [-0.2, -0.15) is 0 Å². The van der Waals surface area contributed by atoms with E-state index in [9.17, 15) is 4.79 Å². The second-order valence-corrected chi connectivity index (χ2v) is 3.58. The van der Waals surface area contributed by atoms with Crippen LogP contribution in [0.25, 0.3) is 0 Å². The summed E-state index contributed by atoms with van der Waals surface area (Å²) in [6.07, 6.45) is 5.08. The Kier molecular flexibility index (Phi) is 3.82. The Balaban J connectivity index is 2.70. The highest BCUT2D eigenvalue weighted by molar-refractivity contribution is 5.71. The van der Waals surface area contributed by atoms with E-state index in [0.717, 1.165) is 32.1 Å². The van der Waals surface area contributed by atoms with Gasteiger partial charge in [0.2, 0.25) is 0 Å². The Hall–Kier alpha value is -0.970. The smallest absolute Gasteiger partial charge is 0.307 e. The van der Waals surface area contributed by atoms with E-state index in [1.165, 1.54) is 0 Å². The Morgan fingerprint density at radius 3 is 2.62 bits per heavy atom. The second kappa shape index (κ2) is 4.91. The van der Waals surface area contributed by atoms with Crippen molar-refractivity contribution >= 4 is 5.97 Å². The van der Waals surface area contributed by atoms with Crippen LogP contribution in [0.15, 0.2) is 0 Å². The summed E-state index contributed by atoms with van der Waals surface area (Å²) in [4.78, 5) is 10.9. The number of aliphatic carboxylic acids is 1. The van der Waals surface area contributed by atoms with Gasteiger partial charge in [-0.3, -0.25) is 4.79 Å². The molecule has 2 atom stereocenters. The second-order valence-electron chi connectivity index (χ2n) is 3.58. The van der Waals surface area contributed by atoms with E-state index < -0.39 is 5.97 Å². The van der Waals surface area contributed by atoms with Crippen LogP contribution >= 0.6 is 0 Å². The van der Waals surface area contributed by atoms with Crippen molar-refractivity contribution in [3.05, 3.63) is 0 Å². The molecule has 0 saturated heterocycles.